The first-order chi connectivity index (χ1) is 14.0. The molecule has 1 amide bonds. The van der Waals surface area contributed by atoms with Crippen LogP contribution >= 0.6 is 23.4 Å². The van der Waals surface area contributed by atoms with Gasteiger partial charge >= 0.3 is 0 Å². The van der Waals surface area contributed by atoms with E-state index in [0.29, 0.717) is 6.04 Å². The fraction of sp³-hybridized carbons (Fsp3) is 0.500. The minimum atomic E-state index is -0.527. The molecule has 2 heterocycles. The number of hydrogen-bond acceptors (Lipinski definition) is 7. The van der Waals surface area contributed by atoms with E-state index in [9.17, 15) is 14.9 Å². The number of amides is 1. The molecule has 9 nitrogen and oxygen atoms in total. The van der Waals surface area contributed by atoms with Gasteiger partial charge < -0.3 is 10.2 Å². The van der Waals surface area contributed by atoms with E-state index < -0.39 is 4.92 Å². The van der Waals surface area contributed by atoms with Gasteiger partial charge in [-0.3, -0.25) is 19.5 Å². The van der Waals surface area contributed by atoms with E-state index in [1.807, 2.05) is 0 Å². The Hall–Kier alpha value is -2.33. The third kappa shape index (κ3) is 4.64. The van der Waals surface area contributed by atoms with E-state index in [2.05, 4.69) is 25.0 Å². The highest BCUT2D eigenvalue weighted by atomic mass is 35.5. The SMILES string of the molecule is O=C(CSc1nnc(N2CCCCC2)n1C1CC1)Nc1cc([N+](=O)[O-])ccc1Cl. The van der Waals surface area contributed by atoms with Crippen LogP contribution in [0.15, 0.2) is 23.4 Å². The Kier molecular flexibility index (Phi) is 5.91. The monoisotopic (exact) mass is 436 g/mol. The van der Waals surface area contributed by atoms with Crippen molar-refractivity contribution in [3.63, 3.8) is 0 Å². The van der Waals surface area contributed by atoms with Gasteiger partial charge in [0.15, 0.2) is 5.16 Å². The highest BCUT2D eigenvalue weighted by Gasteiger charge is 2.32. The van der Waals surface area contributed by atoms with Crippen LogP contribution in [0.2, 0.25) is 5.02 Å². The fourth-order valence-electron chi connectivity index (χ4n) is 3.37. The van der Waals surface area contributed by atoms with Gasteiger partial charge in [-0.2, -0.15) is 0 Å². The summed E-state index contributed by atoms with van der Waals surface area (Å²) in [5.74, 6) is 0.711. The number of aromatic nitrogens is 3. The Morgan fingerprint density at radius 1 is 1.28 bits per heavy atom. The molecule has 0 spiro atoms. The summed E-state index contributed by atoms with van der Waals surface area (Å²) in [5.41, 5.74) is 0.0983. The summed E-state index contributed by atoms with van der Waals surface area (Å²) in [7, 11) is 0. The van der Waals surface area contributed by atoms with Crippen LogP contribution < -0.4 is 10.2 Å². The molecule has 4 rings (SSSR count). The molecule has 0 radical (unpaired) electrons. The molecule has 1 aromatic carbocycles. The predicted octanol–water partition coefficient (Wildman–Crippen LogP) is 3.90. The third-order valence-electron chi connectivity index (χ3n) is 4.96. The lowest BCUT2D eigenvalue weighted by Crippen LogP contribution is -2.32. The molecular formula is C18H21ClN6O3S. The van der Waals surface area contributed by atoms with Crippen LogP contribution in [0.4, 0.5) is 17.3 Å². The molecule has 11 heteroatoms. The van der Waals surface area contributed by atoms with E-state index >= 15 is 0 Å². The molecule has 1 aromatic heterocycles. The zero-order chi connectivity index (χ0) is 20.4. The largest absolute Gasteiger partial charge is 0.341 e. The van der Waals surface area contributed by atoms with Gasteiger partial charge in [0.1, 0.15) is 0 Å². The lowest BCUT2D eigenvalue weighted by atomic mass is 10.1. The number of piperidine rings is 1. The van der Waals surface area contributed by atoms with Crippen molar-refractivity contribution >= 4 is 46.6 Å². The zero-order valence-electron chi connectivity index (χ0n) is 15.7. The minimum absolute atomic E-state index is 0.115. The number of carbonyl (C=O) groups is 1. The number of nitro groups is 1. The number of nitrogens with one attached hydrogen (secondary N) is 1. The number of carbonyl (C=O) groups excluding carboxylic acids is 1. The number of thioether (sulfide) groups is 1. The number of nitrogens with zero attached hydrogens (tertiary/aromatic N) is 5. The lowest BCUT2D eigenvalue weighted by molar-refractivity contribution is -0.384. The number of halogens is 1. The van der Waals surface area contributed by atoms with Crippen LogP contribution in [0.5, 0.6) is 0 Å². The second-order valence-electron chi connectivity index (χ2n) is 7.19. The average Bonchev–Trinajstić information content (AvgIpc) is 3.47. The van der Waals surface area contributed by atoms with E-state index in [4.69, 9.17) is 11.6 Å². The Balaban J connectivity index is 1.43. The molecular weight excluding hydrogens is 416 g/mol. The molecule has 0 bridgehead atoms. The first kappa shape index (κ1) is 20.0. The maximum Gasteiger partial charge on any atom is 0.271 e. The van der Waals surface area contributed by atoms with Gasteiger partial charge in [-0.1, -0.05) is 23.4 Å². The summed E-state index contributed by atoms with van der Waals surface area (Å²) in [6.07, 6.45) is 5.76. The molecule has 2 fully saturated rings. The molecule has 0 atom stereocenters. The smallest absolute Gasteiger partial charge is 0.271 e. The summed E-state index contributed by atoms with van der Waals surface area (Å²) in [4.78, 5) is 25.1. The standard InChI is InChI=1S/C18H21ClN6O3S/c19-14-7-6-13(25(27)28)10-15(14)20-16(26)11-29-18-22-21-17(24(18)12-4-5-12)23-8-2-1-3-9-23/h6-7,10,12H,1-5,8-9,11H2,(H,20,26). The van der Waals surface area contributed by atoms with E-state index in [-0.39, 0.29) is 28.1 Å². The van der Waals surface area contributed by atoms with Crippen molar-refractivity contribution in [2.75, 3.05) is 29.1 Å². The first-order valence-corrected chi connectivity index (χ1v) is 11.0. The number of anilines is 2. The van der Waals surface area contributed by atoms with Crippen LogP contribution in [0.3, 0.4) is 0 Å². The van der Waals surface area contributed by atoms with Crippen molar-refractivity contribution in [2.24, 2.45) is 0 Å². The molecule has 154 valence electrons. The summed E-state index contributed by atoms with van der Waals surface area (Å²) in [5, 5.41) is 23.3. The molecule has 0 unspecified atom stereocenters. The highest BCUT2D eigenvalue weighted by molar-refractivity contribution is 7.99. The molecule has 1 saturated carbocycles. The lowest BCUT2D eigenvalue weighted by Gasteiger charge is -2.27. The van der Waals surface area contributed by atoms with Gasteiger partial charge in [0.05, 0.1) is 21.4 Å². The number of hydrogen-bond donors (Lipinski definition) is 1. The Labute approximate surface area is 177 Å². The van der Waals surface area contributed by atoms with Crippen LogP contribution in [0.25, 0.3) is 0 Å². The van der Waals surface area contributed by atoms with Gasteiger partial charge in [-0.25, -0.2) is 0 Å². The molecule has 1 aliphatic heterocycles. The molecule has 2 aromatic rings. The molecule has 1 saturated heterocycles. The molecule has 29 heavy (non-hydrogen) atoms. The summed E-state index contributed by atoms with van der Waals surface area (Å²) >= 11 is 7.37. The van der Waals surface area contributed by atoms with Crippen molar-refractivity contribution in [2.45, 2.75) is 43.3 Å². The van der Waals surface area contributed by atoms with Crippen molar-refractivity contribution in [1.29, 1.82) is 0 Å². The zero-order valence-corrected chi connectivity index (χ0v) is 17.3. The third-order valence-corrected chi connectivity index (χ3v) is 6.24. The number of rotatable bonds is 7. The van der Waals surface area contributed by atoms with Crippen LogP contribution in [0.1, 0.15) is 38.1 Å². The van der Waals surface area contributed by atoms with E-state index in [0.717, 1.165) is 49.9 Å². The predicted molar refractivity (Wildman–Crippen MR) is 112 cm³/mol. The van der Waals surface area contributed by atoms with Crippen LogP contribution in [0, 0.1) is 10.1 Å². The number of non-ortho nitro benzene ring substituents is 1. The second kappa shape index (κ2) is 8.58. The maximum absolute atomic E-state index is 12.4. The second-order valence-corrected chi connectivity index (χ2v) is 8.54. The Morgan fingerprint density at radius 3 is 2.72 bits per heavy atom. The topological polar surface area (TPSA) is 106 Å². The van der Waals surface area contributed by atoms with Crippen molar-refractivity contribution < 1.29 is 9.72 Å². The highest BCUT2D eigenvalue weighted by Crippen LogP contribution is 2.41. The van der Waals surface area contributed by atoms with Crippen molar-refractivity contribution in [3.05, 3.63) is 33.3 Å². The summed E-state index contributed by atoms with van der Waals surface area (Å²) in [6.45, 7) is 1.97. The summed E-state index contributed by atoms with van der Waals surface area (Å²) in [6, 6.07) is 4.36. The normalized spacial score (nSPS) is 16.7. The number of benzene rings is 1. The fourth-order valence-corrected chi connectivity index (χ4v) is 4.33. The van der Waals surface area contributed by atoms with Gasteiger partial charge in [0.25, 0.3) is 5.69 Å². The average molecular weight is 437 g/mol. The van der Waals surface area contributed by atoms with E-state index in [1.165, 1.54) is 36.4 Å². The van der Waals surface area contributed by atoms with Gasteiger partial charge in [0.2, 0.25) is 11.9 Å². The first-order valence-electron chi connectivity index (χ1n) is 9.59. The molecule has 2 aliphatic rings. The van der Waals surface area contributed by atoms with Gasteiger partial charge in [0, 0.05) is 31.3 Å². The summed E-state index contributed by atoms with van der Waals surface area (Å²) < 4.78 is 2.16. The molecule has 1 aliphatic carbocycles. The Morgan fingerprint density at radius 2 is 2.03 bits per heavy atom. The van der Waals surface area contributed by atoms with Gasteiger partial charge in [-0.05, 0) is 38.2 Å². The van der Waals surface area contributed by atoms with E-state index in [1.54, 1.807) is 0 Å². The Bertz CT molecular complexity index is 926. The van der Waals surface area contributed by atoms with Crippen LogP contribution in [-0.4, -0.2) is 44.4 Å². The minimum Gasteiger partial charge on any atom is -0.341 e. The van der Waals surface area contributed by atoms with Gasteiger partial charge in [-0.15, -0.1) is 10.2 Å². The quantitative estimate of drug-likeness (QED) is 0.398. The van der Waals surface area contributed by atoms with Crippen LogP contribution in [-0.2, 0) is 4.79 Å². The van der Waals surface area contributed by atoms with Crippen molar-refractivity contribution in [1.82, 2.24) is 14.8 Å². The molecule has 1 N–H and O–H groups in total. The van der Waals surface area contributed by atoms with Crippen molar-refractivity contribution in [3.8, 4) is 0 Å². The number of nitro benzene ring substituents is 1. The maximum atomic E-state index is 12.4.